The number of nitrogens with zero attached hydrogens (tertiary/aromatic N) is 1. The van der Waals surface area contributed by atoms with Gasteiger partial charge in [0, 0.05) is 19.0 Å². The van der Waals surface area contributed by atoms with Gasteiger partial charge in [-0.2, -0.15) is 0 Å². The summed E-state index contributed by atoms with van der Waals surface area (Å²) < 4.78 is 5.27. The maximum Gasteiger partial charge on any atom is 0.303 e. The fourth-order valence-corrected chi connectivity index (χ4v) is 2.23. The number of aliphatic carboxylic acids is 1. The molecule has 0 aromatic heterocycles. The monoisotopic (exact) mass is 299 g/mol. The van der Waals surface area contributed by atoms with Crippen LogP contribution in [0.25, 0.3) is 0 Å². The highest BCUT2D eigenvalue weighted by Gasteiger charge is 2.37. The second-order valence-corrected chi connectivity index (χ2v) is 5.44. The Bertz CT molecular complexity index is 424. The molecule has 1 saturated carbocycles. The quantitative estimate of drug-likeness (QED) is 0.559. The number of morpholine rings is 1. The van der Waals surface area contributed by atoms with E-state index in [0.29, 0.717) is 13.2 Å². The molecule has 0 radical (unpaired) electrons. The lowest BCUT2D eigenvalue weighted by Crippen LogP contribution is -2.59. The average molecular weight is 299 g/mol. The van der Waals surface area contributed by atoms with Gasteiger partial charge in [0.2, 0.25) is 11.8 Å². The summed E-state index contributed by atoms with van der Waals surface area (Å²) >= 11 is 0. The van der Waals surface area contributed by atoms with Crippen LogP contribution in [0.15, 0.2) is 0 Å². The Morgan fingerprint density at radius 3 is 2.71 bits per heavy atom. The highest BCUT2D eigenvalue weighted by Crippen LogP contribution is 2.20. The van der Waals surface area contributed by atoms with Gasteiger partial charge in [-0.1, -0.05) is 0 Å². The number of hydrogen-bond donors (Lipinski definition) is 3. The van der Waals surface area contributed by atoms with Crippen molar-refractivity contribution in [1.29, 1.82) is 0 Å². The highest BCUT2D eigenvalue weighted by molar-refractivity contribution is 5.90. The number of amides is 2. The lowest BCUT2D eigenvalue weighted by molar-refractivity contribution is -0.150. The predicted octanol–water partition coefficient (Wildman–Crippen LogP) is -1.32. The zero-order valence-corrected chi connectivity index (χ0v) is 11.8. The van der Waals surface area contributed by atoms with Gasteiger partial charge < -0.3 is 25.8 Å². The molecule has 0 aromatic carbocycles. The molecule has 1 saturated heterocycles. The molecular formula is C13H21N3O5. The number of carboxylic acids is 1. The van der Waals surface area contributed by atoms with Crippen LogP contribution in [0.1, 0.15) is 25.7 Å². The van der Waals surface area contributed by atoms with Crippen LogP contribution in [-0.4, -0.2) is 65.7 Å². The van der Waals surface area contributed by atoms with Crippen LogP contribution < -0.4 is 11.1 Å². The number of nitrogens with two attached hydrogens (primary N) is 1. The largest absolute Gasteiger partial charge is 0.481 e. The third kappa shape index (κ3) is 4.40. The SMILES string of the molecule is NC(CCC(=O)O)C(=O)N1CCOCC1C(=O)NC1CC1. The van der Waals surface area contributed by atoms with Crippen molar-refractivity contribution in [2.75, 3.05) is 19.8 Å². The van der Waals surface area contributed by atoms with Crippen molar-refractivity contribution >= 4 is 17.8 Å². The fraction of sp³-hybridized carbons (Fsp3) is 0.769. The molecule has 1 heterocycles. The second kappa shape index (κ2) is 6.86. The summed E-state index contributed by atoms with van der Waals surface area (Å²) in [6.45, 7) is 0.795. The van der Waals surface area contributed by atoms with Crippen LogP contribution in [0, 0.1) is 0 Å². The zero-order chi connectivity index (χ0) is 15.4. The van der Waals surface area contributed by atoms with Crippen molar-refractivity contribution in [2.24, 2.45) is 5.73 Å². The smallest absolute Gasteiger partial charge is 0.303 e. The summed E-state index contributed by atoms with van der Waals surface area (Å²) in [5, 5.41) is 11.5. The van der Waals surface area contributed by atoms with Crippen LogP contribution in [0.4, 0.5) is 0 Å². The van der Waals surface area contributed by atoms with Gasteiger partial charge in [0.15, 0.2) is 0 Å². The summed E-state index contributed by atoms with van der Waals surface area (Å²) in [7, 11) is 0. The molecule has 2 rings (SSSR count). The molecule has 2 unspecified atom stereocenters. The molecule has 1 aliphatic heterocycles. The minimum atomic E-state index is -0.997. The summed E-state index contributed by atoms with van der Waals surface area (Å²) in [5.74, 6) is -1.62. The molecule has 0 aromatic rings. The van der Waals surface area contributed by atoms with Crippen molar-refractivity contribution < 1.29 is 24.2 Å². The number of hydrogen-bond acceptors (Lipinski definition) is 5. The highest BCUT2D eigenvalue weighted by atomic mass is 16.5. The van der Waals surface area contributed by atoms with E-state index < -0.39 is 24.0 Å². The van der Waals surface area contributed by atoms with Crippen LogP contribution in [-0.2, 0) is 19.1 Å². The molecular weight excluding hydrogens is 278 g/mol. The van der Waals surface area contributed by atoms with E-state index in [4.69, 9.17) is 15.6 Å². The van der Waals surface area contributed by atoms with E-state index >= 15 is 0 Å². The normalized spacial score (nSPS) is 23.5. The van der Waals surface area contributed by atoms with Crippen molar-refractivity contribution in [3.8, 4) is 0 Å². The Kier molecular flexibility index (Phi) is 5.13. The maximum atomic E-state index is 12.3. The van der Waals surface area contributed by atoms with Crippen LogP contribution >= 0.6 is 0 Å². The minimum Gasteiger partial charge on any atom is -0.481 e. The first-order valence-electron chi connectivity index (χ1n) is 7.15. The first kappa shape index (κ1) is 15.7. The molecule has 4 N–H and O–H groups in total. The number of carboxylic acid groups (broad SMARTS) is 1. The van der Waals surface area contributed by atoms with Crippen LogP contribution in [0.5, 0.6) is 0 Å². The van der Waals surface area contributed by atoms with Gasteiger partial charge in [0.05, 0.1) is 19.3 Å². The van der Waals surface area contributed by atoms with Crippen LogP contribution in [0.3, 0.4) is 0 Å². The topological polar surface area (TPSA) is 122 Å². The van der Waals surface area contributed by atoms with Gasteiger partial charge in [0.25, 0.3) is 0 Å². The predicted molar refractivity (Wildman–Crippen MR) is 72.3 cm³/mol. The Labute approximate surface area is 122 Å². The maximum absolute atomic E-state index is 12.3. The summed E-state index contributed by atoms with van der Waals surface area (Å²) in [6, 6.07) is -1.38. The number of rotatable bonds is 6. The van der Waals surface area contributed by atoms with Crippen molar-refractivity contribution in [1.82, 2.24) is 10.2 Å². The fourth-order valence-electron chi connectivity index (χ4n) is 2.23. The molecule has 2 fully saturated rings. The summed E-state index contributed by atoms with van der Waals surface area (Å²) in [6.07, 6.45) is 1.81. The summed E-state index contributed by atoms with van der Waals surface area (Å²) in [5.41, 5.74) is 5.75. The van der Waals surface area contributed by atoms with E-state index in [0.717, 1.165) is 12.8 Å². The number of carbonyl (C=O) groups excluding carboxylic acids is 2. The number of carbonyl (C=O) groups is 3. The van der Waals surface area contributed by atoms with Gasteiger partial charge in [0.1, 0.15) is 6.04 Å². The molecule has 2 atom stereocenters. The van der Waals surface area contributed by atoms with Crippen molar-refractivity contribution in [2.45, 2.75) is 43.8 Å². The molecule has 8 heteroatoms. The van der Waals surface area contributed by atoms with E-state index in [2.05, 4.69) is 5.32 Å². The van der Waals surface area contributed by atoms with Gasteiger partial charge in [-0.25, -0.2) is 0 Å². The van der Waals surface area contributed by atoms with Crippen molar-refractivity contribution in [3.63, 3.8) is 0 Å². The number of nitrogens with one attached hydrogen (secondary N) is 1. The molecule has 0 spiro atoms. The van der Waals surface area contributed by atoms with Gasteiger partial charge in [-0.05, 0) is 19.3 Å². The van der Waals surface area contributed by atoms with E-state index in [1.54, 1.807) is 0 Å². The summed E-state index contributed by atoms with van der Waals surface area (Å²) in [4.78, 5) is 36.4. The molecule has 2 aliphatic rings. The van der Waals surface area contributed by atoms with E-state index in [1.165, 1.54) is 4.90 Å². The Balaban J connectivity index is 1.94. The zero-order valence-electron chi connectivity index (χ0n) is 11.8. The Morgan fingerprint density at radius 1 is 1.38 bits per heavy atom. The third-order valence-corrected chi connectivity index (χ3v) is 3.62. The van der Waals surface area contributed by atoms with E-state index in [-0.39, 0.29) is 31.4 Å². The molecule has 118 valence electrons. The third-order valence-electron chi connectivity index (χ3n) is 3.62. The molecule has 8 nitrogen and oxygen atoms in total. The van der Waals surface area contributed by atoms with Crippen LogP contribution in [0.2, 0.25) is 0 Å². The molecule has 2 amide bonds. The molecule has 21 heavy (non-hydrogen) atoms. The lowest BCUT2D eigenvalue weighted by Gasteiger charge is -2.36. The second-order valence-electron chi connectivity index (χ2n) is 5.44. The van der Waals surface area contributed by atoms with Gasteiger partial charge >= 0.3 is 5.97 Å². The average Bonchev–Trinajstić information content (AvgIpc) is 3.27. The standard InChI is InChI=1S/C13H21N3O5/c14-9(3-4-11(17)18)13(20)16-5-6-21-7-10(16)12(19)15-8-1-2-8/h8-10H,1-7,14H2,(H,15,19)(H,17,18). The van der Waals surface area contributed by atoms with Crippen molar-refractivity contribution in [3.05, 3.63) is 0 Å². The van der Waals surface area contributed by atoms with Gasteiger partial charge in [-0.15, -0.1) is 0 Å². The number of ether oxygens (including phenoxy) is 1. The molecule has 0 bridgehead atoms. The Hall–Kier alpha value is -1.67. The lowest BCUT2D eigenvalue weighted by atomic mass is 10.1. The minimum absolute atomic E-state index is 0.0580. The Morgan fingerprint density at radius 2 is 2.10 bits per heavy atom. The van der Waals surface area contributed by atoms with Gasteiger partial charge in [-0.3, -0.25) is 14.4 Å². The first-order valence-corrected chi connectivity index (χ1v) is 7.15. The first-order chi connectivity index (χ1) is 9.99. The van der Waals surface area contributed by atoms with E-state index in [1.807, 2.05) is 0 Å². The van der Waals surface area contributed by atoms with E-state index in [9.17, 15) is 14.4 Å². The molecule has 1 aliphatic carbocycles.